The fraction of sp³-hybridized carbons (Fsp3) is 0.800. The van der Waals surface area contributed by atoms with E-state index in [9.17, 15) is 14.7 Å². The zero-order chi connectivity index (χ0) is 16.6. The molecule has 1 N–H and O–H groups in total. The van der Waals surface area contributed by atoms with Gasteiger partial charge in [-0.3, -0.25) is 9.59 Å². The second-order valence-electron chi connectivity index (χ2n) is 9.21. The first-order valence-corrected chi connectivity index (χ1v) is 9.20. The predicted molar refractivity (Wildman–Crippen MR) is 87.7 cm³/mol. The maximum Gasteiger partial charge on any atom is 0.159 e. The van der Waals surface area contributed by atoms with Crippen LogP contribution >= 0.6 is 0 Å². The van der Waals surface area contributed by atoms with Crippen LogP contribution in [0.3, 0.4) is 0 Å². The lowest BCUT2D eigenvalue weighted by molar-refractivity contribution is -0.140. The van der Waals surface area contributed by atoms with Crippen LogP contribution in [0.4, 0.5) is 0 Å². The predicted octanol–water partition coefficient (Wildman–Crippen LogP) is 3.45. The summed E-state index contributed by atoms with van der Waals surface area (Å²) in [7, 11) is 0. The van der Waals surface area contributed by atoms with Crippen molar-refractivity contribution in [3.8, 4) is 0 Å². The molecule has 0 aromatic rings. The molecule has 3 saturated carbocycles. The number of ketones is 2. The molecule has 3 nitrogen and oxygen atoms in total. The summed E-state index contributed by atoms with van der Waals surface area (Å²) in [6.07, 6.45) is 7.63. The molecule has 4 rings (SSSR count). The smallest absolute Gasteiger partial charge is 0.159 e. The quantitative estimate of drug-likeness (QED) is 0.745. The summed E-state index contributed by atoms with van der Waals surface area (Å²) in [6.45, 7) is 6.45. The van der Waals surface area contributed by atoms with Crippen LogP contribution in [0.25, 0.3) is 0 Å². The summed E-state index contributed by atoms with van der Waals surface area (Å²) >= 11 is 0. The van der Waals surface area contributed by atoms with Gasteiger partial charge in [0, 0.05) is 18.4 Å². The Morgan fingerprint density at radius 1 is 1.04 bits per heavy atom. The first kappa shape index (κ1) is 15.6. The van der Waals surface area contributed by atoms with E-state index < -0.39 is 5.60 Å². The second kappa shape index (κ2) is 4.56. The lowest BCUT2D eigenvalue weighted by Crippen LogP contribution is -2.55. The number of fused-ring (bicyclic) bond motifs is 5. The number of hydrogen-bond acceptors (Lipinski definition) is 3. The molecule has 126 valence electrons. The van der Waals surface area contributed by atoms with Crippen LogP contribution in [0.2, 0.25) is 0 Å². The number of aliphatic hydroxyl groups is 1. The van der Waals surface area contributed by atoms with E-state index in [1.807, 2.05) is 6.92 Å². The summed E-state index contributed by atoms with van der Waals surface area (Å²) in [5, 5.41) is 10.9. The Kier molecular flexibility index (Phi) is 3.09. The maximum atomic E-state index is 12.8. The highest BCUT2D eigenvalue weighted by molar-refractivity contribution is 6.05. The molecule has 4 aliphatic rings. The molecule has 0 aromatic carbocycles. The zero-order valence-corrected chi connectivity index (χ0v) is 14.5. The van der Waals surface area contributed by atoms with Crippen molar-refractivity contribution < 1.29 is 14.7 Å². The molecule has 4 aliphatic carbocycles. The minimum absolute atomic E-state index is 0.0590. The van der Waals surface area contributed by atoms with Crippen LogP contribution in [-0.4, -0.2) is 22.3 Å². The fourth-order valence-corrected chi connectivity index (χ4v) is 6.63. The molecule has 0 radical (unpaired) electrons. The monoisotopic (exact) mass is 316 g/mol. The number of carbonyl (C=O) groups is 2. The molecule has 0 heterocycles. The van der Waals surface area contributed by atoms with Crippen LogP contribution in [0.15, 0.2) is 11.6 Å². The van der Waals surface area contributed by atoms with Crippen molar-refractivity contribution in [3.05, 3.63) is 11.6 Å². The van der Waals surface area contributed by atoms with Crippen molar-refractivity contribution in [2.24, 2.45) is 28.6 Å². The minimum atomic E-state index is -0.606. The van der Waals surface area contributed by atoms with Crippen molar-refractivity contribution in [2.75, 3.05) is 0 Å². The molecule has 0 spiro atoms. The van der Waals surface area contributed by atoms with Gasteiger partial charge in [-0.15, -0.1) is 0 Å². The number of rotatable bonds is 0. The maximum absolute atomic E-state index is 12.8. The summed E-state index contributed by atoms with van der Waals surface area (Å²) in [5.41, 5.74) is 0.0224. The van der Waals surface area contributed by atoms with E-state index in [-0.39, 0.29) is 22.4 Å². The van der Waals surface area contributed by atoms with E-state index in [1.54, 1.807) is 6.08 Å². The molecule has 3 heteroatoms. The highest BCUT2D eigenvalue weighted by Gasteiger charge is 2.63. The molecule has 0 bridgehead atoms. The molecular weight excluding hydrogens is 288 g/mol. The first-order chi connectivity index (χ1) is 10.7. The van der Waals surface area contributed by atoms with Crippen LogP contribution in [0.1, 0.15) is 65.7 Å². The molecular formula is C20H28O3. The van der Waals surface area contributed by atoms with Gasteiger partial charge in [-0.2, -0.15) is 0 Å². The van der Waals surface area contributed by atoms with Crippen LogP contribution in [-0.2, 0) is 9.59 Å². The molecule has 6 atom stereocenters. The van der Waals surface area contributed by atoms with Gasteiger partial charge in [0.25, 0.3) is 0 Å². The van der Waals surface area contributed by atoms with Gasteiger partial charge in [0.2, 0.25) is 0 Å². The Morgan fingerprint density at radius 2 is 1.74 bits per heavy atom. The fourth-order valence-electron chi connectivity index (χ4n) is 6.63. The standard InChI is InChI=1S/C20H28O3/c1-18-7-4-12(21)10-16(18)17(22)11-13-14(18)5-8-19(2)15(13)6-9-20(19,3)23/h10,13-15,23H,4-9,11H2,1-3H3/t13-,14+,15+,18-,19+,20+/m1/s1. The highest BCUT2D eigenvalue weighted by atomic mass is 16.3. The van der Waals surface area contributed by atoms with Gasteiger partial charge >= 0.3 is 0 Å². The molecule has 0 aromatic heterocycles. The van der Waals surface area contributed by atoms with Crippen molar-refractivity contribution in [1.82, 2.24) is 0 Å². The van der Waals surface area contributed by atoms with Gasteiger partial charge in [-0.05, 0) is 73.7 Å². The first-order valence-electron chi connectivity index (χ1n) is 9.20. The third-order valence-corrected chi connectivity index (χ3v) is 8.35. The van der Waals surface area contributed by atoms with Crippen molar-refractivity contribution >= 4 is 11.6 Å². The molecule has 3 fully saturated rings. The molecule has 0 unspecified atom stereocenters. The Hall–Kier alpha value is -0.960. The van der Waals surface area contributed by atoms with Gasteiger partial charge < -0.3 is 5.11 Å². The normalized spacial score (nSPS) is 52.5. The third-order valence-electron chi connectivity index (χ3n) is 8.35. The molecule has 0 amide bonds. The number of hydrogen-bond donors (Lipinski definition) is 1. The summed E-state index contributed by atoms with van der Waals surface area (Å²) in [5.74, 6) is 1.62. The van der Waals surface area contributed by atoms with Gasteiger partial charge in [-0.1, -0.05) is 13.8 Å². The highest BCUT2D eigenvalue weighted by Crippen LogP contribution is 2.66. The Morgan fingerprint density at radius 3 is 2.48 bits per heavy atom. The van der Waals surface area contributed by atoms with E-state index >= 15 is 0 Å². The van der Waals surface area contributed by atoms with Gasteiger partial charge in [-0.25, -0.2) is 0 Å². The third kappa shape index (κ3) is 1.86. The summed E-state index contributed by atoms with van der Waals surface area (Å²) in [6, 6.07) is 0. The van der Waals surface area contributed by atoms with E-state index in [2.05, 4.69) is 13.8 Å². The Labute approximate surface area is 138 Å². The topological polar surface area (TPSA) is 54.4 Å². The molecule has 23 heavy (non-hydrogen) atoms. The molecule has 0 aliphatic heterocycles. The lowest BCUT2D eigenvalue weighted by Gasteiger charge is -2.58. The van der Waals surface area contributed by atoms with E-state index in [0.717, 1.165) is 37.7 Å². The van der Waals surface area contributed by atoms with Crippen molar-refractivity contribution in [3.63, 3.8) is 0 Å². The average molecular weight is 316 g/mol. The van der Waals surface area contributed by atoms with E-state index in [4.69, 9.17) is 0 Å². The van der Waals surface area contributed by atoms with E-state index in [0.29, 0.717) is 30.6 Å². The number of Topliss-reactive ketones (excluding diaryl/α,β-unsaturated/α-hetero) is 1. The van der Waals surface area contributed by atoms with Crippen LogP contribution < -0.4 is 0 Å². The van der Waals surface area contributed by atoms with Crippen molar-refractivity contribution in [1.29, 1.82) is 0 Å². The largest absolute Gasteiger partial charge is 0.390 e. The van der Waals surface area contributed by atoms with E-state index in [1.165, 1.54) is 0 Å². The van der Waals surface area contributed by atoms with Gasteiger partial charge in [0.05, 0.1) is 5.60 Å². The summed E-state index contributed by atoms with van der Waals surface area (Å²) < 4.78 is 0. The number of carbonyl (C=O) groups excluding carboxylic acids is 2. The second-order valence-corrected chi connectivity index (χ2v) is 9.21. The zero-order valence-electron chi connectivity index (χ0n) is 14.5. The average Bonchev–Trinajstić information content (AvgIpc) is 2.72. The number of allylic oxidation sites excluding steroid dienone is 1. The van der Waals surface area contributed by atoms with Crippen molar-refractivity contribution in [2.45, 2.75) is 71.3 Å². The minimum Gasteiger partial charge on any atom is -0.390 e. The lowest BCUT2D eigenvalue weighted by atomic mass is 9.46. The molecule has 0 saturated heterocycles. The Bertz CT molecular complexity index is 616. The van der Waals surface area contributed by atoms with Crippen LogP contribution in [0.5, 0.6) is 0 Å². The van der Waals surface area contributed by atoms with Gasteiger partial charge in [0.1, 0.15) is 0 Å². The Balaban J connectivity index is 1.75. The summed E-state index contributed by atoms with van der Waals surface area (Å²) in [4.78, 5) is 24.6. The van der Waals surface area contributed by atoms with Crippen LogP contribution in [0, 0.1) is 28.6 Å². The van der Waals surface area contributed by atoms with Gasteiger partial charge in [0.15, 0.2) is 11.6 Å². The SMILES string of the molecule is C[C@]12CCC(=O)C=C1C(=O)C[C@@H]1[C@@H]2CC[C@@]2(C)[C@H]1CC[C@]2(C)O.